The Bertz CT molecular complexity index is 1110. The molecule has 1 amide bonds. The number of aromatic nitrogens is 2. The number of hydrogen-bond acceptors (Lipinski definition) is 6. The van der Waals surface area contributed by atoms with Crippen LogP contribution < -0.4 is 15.4 Å². The Morgan fingerprint density at radius 2 is 1.70 bits per heavy atom. The number of benzene rings is 2. The van der Waals surface area contributed by atoms with Crippen molar-refractivity contribution >= 4 is 29.9 Å². The van der Waals surface area contributed by atoms with Crippen molar-refractivity contribution in [1.82, 2.24) is 14.9 Å². The predicted octanol–water partition coefficient (Wildman–Crippen LogP) is 4.27. The first-order valence-electron chi connectivity index (χ1n) is 9.40. The molecule has 0 spiro atoms. The smallest absolute Gasteiger partial charge is 0.257 e. The van der Waals surface area contributed by atoms with Gasteiger partial charge >= 0.3 is 0 Å². The van der Waals surface area contributed by atoms with Crippen molar-refractivity contribution in [1.29, 1.82) is 0 Å². The molecule has 7 nitrogen and oxygen atoms in total. The van der Waals surface area contributed by atoms with Crippen molar-refractivity contribution in [2.24, 2.45) is 0 Å². The van der Waals surface area contributed by atoms with Gasteiger partial charge in [0.15, 0.2) is 0 Å². The number of carbonyl (C=O) groups is 1. The average Bonchev–Trinajstić information content (AvgIpc) is 2.67. The predicted molar refractivity (Wildman–Crippen MR) is 120 cm³/mol. The standard InChI is InChI=1S/C22H25N4O3P/c1-15-23-20(25-16-10-12-17(13-11-16)30(4,5)28)14-21(24-15)29-19-9-7-6-8-18(19)22(27)26(2)3/h6-14H,1-5H3,(H,23,24,25). The van der Waals surface area contributed by atoms with E-state index in [2.05, 4.69) is 15.3 Å². The summed E-state index contributed by atoms with van der Waals surface area (Å²) >= 11 is 0. The van der Waals surface area contributed by atoms with Gasteiger partial charge in [-0.05, 0) is 56.7 Å². The lowest BCUT2D eigenvalue weighted by atomic mass is 10.2. The maximum absolute atomic E-state index is 12.4. The molecular formula is C22H25N4O3P. The maximum Gasteiger partial charge on any atom is 0.257 e. The number of aryl methyl sites for hydroxylation is 1. The highest BCUT2D eigenvalue weighted by atomic mass is 31.2. The van der Waals surface area contributed by atoms with Gasteiger partial charge in [0.25, 0.3) is 5.91 Å². The summed E-state index contributed by atoms with van der Waals surface area (Å²) in [6.45, 7) is 5.25. The SMILES string of the molecule is Cc1nc(Nc2ccc(P(C)(C)=O)cc2)cc(Oc2ccccc2C(=O)N(C)C)n1. The second-order valence-corrected chi connectivity index (χ2v) is 10.7. The summed E-state index contributed by atoms with van der Waals surface area (Å²) in [5.74, 6) is 1.67. The summed E-state index contributed by atoms with van der Waals surface area (Å²) in [6, 6.07) is 16.1. The molecule has 0 atom stereocenters. The fourth-order valence-electron chi connectivity index (χ4n) is 2.79. The molecular weight excluding hydrogens is 399 g/mol. The summed E-state index contributed by atoms with van der Waals surface area (Å²) in [5.41, 5.74) is 1.26. The number of nitrogens with zero attached hydrogens (tertiary/aromatic N) is 3. The van der Waals surface area contributed by atoms with Crippen LogP contribution in [-0.4, -0.2) is 48.2 Å². The van der Waals surface area contributed by atoms with E-state index in [-0.39, 0.29) is 5.91 Å². The summed E-state index contributed by atoms with van der Waals surface area (Å²) in [6.07, 6.45) is 0. The highest BCUT2D eigenvalue weighted by molar-refractivity contribution is 7.70. The van der Waals surface area contributed by atoms with E-state index in [0.29, 0.717) is 28.8 Å². The third kappa shape index (κ3) is 5.24. The quantitative estimate of drug-likeness (QED) is 0.595. The molecule has 0 aliphatic heterocycles. The van der Waals surface area contributed by atoms with Crippen LogP contribution in [0.2, 0.25) is 0 Å². The van der Waals surface area contributed by atoms with Crippen LogP contribution in [-0.2, 0) is 4.57 Å². The van der Waals surface area contributed by atoms with E-state index in [9.17, 15) is 9.36 Å². The van der Waals surface area contributed by atoms with Crippen molar-refractivity contribution in [3.63, 3.8) is 0 Å². The Morgan fingerprint density at radius 1 is 1.03 bits per heavy atom. The highest BCUT2D eigenvalue weighted by Crippen LogP contribution is 2.35. The van der Waals surface area contributed by atoms with Crippen molar-refractivity contribution in [3.05, 3.63) is 66.0 Å². The van der Waals surface area contributed by atoms with Gasteiger partial charge in [-0.1, -0.05) is 12.1 Å². The first kappa shape index (κ1) is 21.5. The normalized spacial score (nSPS) is 11.1. The highest BCUT2D eigenvalue weighted by Gasteiger charge is 2.16. The Morgan fingerprint density at radius 3 is 2.33 bits per heavy atom. The number of ether oxygens (including phenoxy) is 1. The third-order valence-electron chi connectivity index (χ3n) is 4.31. The molecule has 0 bridgehead atoms. The fourth-order valence-corrected chi connectivity index (χ4v) is 3.66. The lowest BCUT2D eigenvalue weighted by Gasteiger charge is -2.15. The zero-order valence-electron chi connectivity index (χ0n) is 17.7. The van der Waals surface area contributed by atoms with E-state index in [0.717, 1.165) is 11.0 Å². The van der Waals surface area contributed by atoms with Crippen molar-refractivity contribution < 1.29 is 14.1 Å². The first-order chi connectivity index (χ1) is 14.1. The molecule has 1 heterocycles. The van der Waals surface area contributed by atoms with Crippen LogP contribution in [0.15, 0.2) is 54.6 Å². The van der Waals surface area contributed by atoms with Crippen LogP contribution in [0.4, 0.5) is 11.5 Å². The van der Waals surface area contributed by atoms with E-state index < -0.39 is 7.14 Å². The van der Waals surface area contributed by atoms with E-state index >= 15 is 0 Å². The van der Waals surface area contributed by atoms with Gasteiger partial charge in [-0.3, -0.25) is 4.79 Å². The molecule has 30 heavy (non-hydrogen) atoms. The van der Waals surface area contributed by atoms with Crippen LogP contribution in [0, 0.1) is 6.92 Å². The second-order valence-electron chi connectivity index (χ2n) is 7.46. The largest absolute Gasteiger partial charge is 0.438 e. The van der Waals surface area contributed by atoms with Gasteiger partial charge in [-0.15, -0.1) is 0 Å². The van der Waals surface area contributed by atoms with Gasteiger partial charge in [-0.2, -0.15) is 4.98 Å². The van der Waals surface area contributed by atoms with Crippen LogP contribution in [0.5, 0.6) is 11.6 Å². The minimum atomic E-state index is -2.30. The number of carbonyl (C=O) groups excluding carboxylic acids is 1. The lowest BCUT2D eigenvalue weighted by molar-refractivity contribution is 0.0825. The van der Waals surface area contributed by atoms with Crippen LogP contribution >= 0.6 is 7.14 Å². The fraction of sp³-hybridized carbons (Fsp3) is 0.227. The van der Waals surface area contributed by atoms with Gasteiger partial charge in [-0.25, -0.2) is 4.98 Å². The van der Waals surface area contributed by atoms with Crippen molar-refractivity contribution in [2.45, 2.75) is 6.92 Å². The molecule has 8 heteroatoms. The monoisotopic (exact) mass is 424 g/mol. The number of rotatable bonds is 6. The number of amides is 1. The molecule has 2 aromatic carbocycles. The second kappa shape index (κ2) is 8.67. The van der Waals surface area contributed by atoms with Crippen LogP contribution in [0.3, 0.4) is 0 Å². The van der Waals surface area contributed by atoms with E-state index in [1.807, 2.05) is 24.3 Å². The summed E-state index contributed by atoms with van der Waals surface area (Å²) < 4.78 is 18.1. The zero-order chi connectivity index (χ0) is 21.9. The molecule has 0 aliphatic rings. The molecule has 3 aromatic rings. The van der Waals surface area contributed by atoms with Gasteiger partial charge in [0, 0.05) is 31.2 Å². The maximum atomic E-state index is 12.4. The van der Waals surface area contributed by atoms with E-state index in [4.69, 9.17) is 4.74 Å². The van der Waals surface area contributed by atoms with Crippen LogP contribution in [0.1, 0.15) is 16.2 Å². The molecule has 0 saturated carbocycles. The Labute approximate surface area is 176 Å². The van der Waals surface area contributed by atoms with Gasteiger partial charge in [0.05, 0.1) is 5.56 Å². The Hall–Kier alpha value is -3.18. The molecule has 1 N–H and O–H groups in total. The topological polar surface area (TPSA) is 84.4 Å². The zero-order valence-corrected chi connectivity index (χ0v) is 18.6. The molecule has 3 rings (SSSR count). The number of nitrogens with one attached hydrogen (secondary N) is 1. The molecule has 0 radical (unpaired) electrons. The van der Waals surface area contributed by atoms with E-state index in [1.165, 1.54) is 4.90 Å². The van der Waals surface area contributed by atoms with Gasteiger partial charge in [0.1, 0.15) is 24.5 Å². The summed E-state index contributed by atoms with van der Waals surface area (Å²) in [4.78, 5) is 22.6. The van der Waals surface area contributed by atoms with Crippen LogP contribution in [0.25, 0.3) is 0 Å². The lowest BCUT2D eigenvalue weighted by Crippen LogP contribution is -2.22. The van der Waals surface area contributed by atoms with Crippen molar-refractivity contribution in [2.75, 3.05) is 32.7 Å². The minimum absolute atomic E-state index is 0.154. The molecule has 0 fully saturated rings. The average molecular weight is 424 g/mol. The Balaban J connectivity index is 1.85. The first-order valence-corrected chi connectivity index (χ1v) is 12.0. The molecule has 1 aromatic heterocycles. The summed E-state index contributed by atoms with van der Waals surface area (Å²) in [7, 11) is 1.08. The molecule has 0 unspecified atom stereocenters. The molecule has 0 saturated heterocycles. The third-order valence-corrected chi connectivity index (χ3v) is 5.86. The minimum Gasteiger partial charge on any atom is -0.438 e. The van der Waals surface area contributed by atoms with Crippen molar-refractivity contribution in [3.8, 4) is 11.6 Å². The molecule has 156 valence electrons. The summed E-state index contributed by atoms with van der Waals surface area (Å²) in [5, 5.41) is 4.03. The Kier molecular flexibility index (Phi) is 6.22. The van der Waals surface area contributed by atoms with E-state index in [1.54, 1.807) is 64.7 Å². The number of hydrogen-bond donors (Lipinski definition) is 1. The molecule has 0 aliphatic carbocycles. The van der Waals surface area contributed by atoms with Gasteiger partial charge < -0.3 is 19.5 Å². The van der Waals surface area contributed by atoms with Gasteiger partial charge in [0.2, 0.25) is 5.88 Å². The number of anilines is 2. The number of para-hydroxylation sites is 1.